The van der Waals surface area contributed by atoms with E-state index < -0.39 is 0 Å². The summed E-state index contributed by atoms with van der Waals surface area (Å²) in [5.74, 6) is 0. The SMILES string of the molecule is N#Cc1ccc(Nc2nn3c(=O)c4ccccc4nc3s2)cc1. The first-order valence-corrected chi connectivity index (χ1v) is 7.62. The molecule has 110 valence electrons. The van der Waals surface area contributed by atoms with Crippen molar-refractivity contribution in [1.29, 1.82) is 5.26 Å². The predicted octanol–water partition coefficient (Wildman–Crippen LogP) is 2.92. The highest BCUT2D eigenvalue weighted by Crippen LogP contribution is 2.22. The summed E-state index contributed by atoms with van der Waals surface area (Å²) >= 11 is 1.30. The summed E-state index contributed by atoms with van der Waals surface area (Å²) in [5.41, 5.74) is 1.85. The van der Waals surface area contributed by atoms with Crippen LogP contribution in [-0.4, -0.2) is 14.6 Å². The Kier molecular flexibility index (Phi) is 3.03. The molecule has 6 nitrogen and oxygen atoms in total. The van der Waals surface area contributed by atoms with Gasteiger partial charge < -0.3 is 5.32 Å². The van der Waals surface area contributed by atoms with Gasteiger partial charge in [-0.3, -0.25) is 4.79 Å². The minimum absolute atomic E-state index is 0.185. The average Bonchev–Trinajstić information content (AvgIpc) is 2.98. The smallest absolute Gasteiger partial charge is 0.283 e. The molecule has 0 saturated carbocycles. The Morgan fingerprint density at radius 1 is 1.13 bits per heavy atom. The molecule has 0 amide bonds. The van der Waals surface area contributed by atoms with Crippen LogP contribution in [0.3, 0.4) is 0 Å². The van der Waals surface area contributed by atoms with Crippen LogP contribution < -0.4 is 10.9 Å². The molecule has 0 radical (unpaired) electrons. The summed E-state index contributed by atoms with van der Waals surface area (Å²) in [4.78, 5) is 17.4. The number of hydrogen-bond donors (Lipinski definition) is 1. The van der Waals surface area contributed by atoms with Crippen LogP contribution >= 0.6 is 11.3 Å². The summed E-state index contributed by atoms with van der Waals surface area (Å²) in [6, 6.07) is 16.3. The van der Waals surface area contributed by atoms with E-state index in [4.69, 9.17) is 5.26 Å². The largest absolute Gasteiger partial charge is 0.330 e. The van der Waals surface area contributed by atoms with Crippen molar-refractivity contribution in [3.8, 4) is 6.07 Å². The molecule has 4 rings (SSSR count). The van der Waals surface area contributed by atoms with Gasteiger partial charge in [0, 0.05) is 5.69 Å². The molecule has 0 unspecified atom stereocenters. The molecule has 2 aromatic carbocycles. The van der Waals surface area contributed by atoms with Crippen LogP contribution in [0, 0.1) is 11.3 Å². The van der Waals surface area contributed by atoms with E-state index in [9.17, 15) is 4.79 Å². The summed E-state index contributed by atoms with van der Waals surface area (Å²) in [6.07, 6.45) is 0. The molecule has 0 fully saturated rings. The molecule has 0 bridgehead atoms. The van der Waals surface area contributed by atoms with Crippen molar-refractivity contribution in [1.82, 2.24) is 14.6 Å². The first-order chi connectivity index (χ1) is 11.2. The second-order valence-corrected chi connectivity index (χ2v) is 5.81. The zero-order valence-electron chi connectivity index (χ0n) is 11.7. The van der Waals surface area contributed by atoms with E-state index >= 15 is 0 Å². The Bertz CT molecular complexity index is 1120. The van der Waals surface area contributed by atoms with Crippen LogP contribution in [0.2, 0.25) is 0 Å². The number of para-hydroxylation sites is 1. The van der Waals surface area contributed by atoms with Crippen LogP contribution in [-0.2, 0) is 0 Å². The van der Waals surface area contributed by atoms with Crippen LogP contribution in [0.5, 0.6) is 0 Å². The number of rotatable bonds is 2. The van der Waals surface area contributed by atoms with Crippen LogP contribution in [0.25, 0.3) is 15.9 Å². The molecule has 0 aliphatic rings. The van der Waals surface area contributed by atoms with Gasteiger partial charge in [0.15, 0.2) is 0 Å². The molecule has 0 aliphatic heterocycles. The van der Waals surface area contributed by atoms with E-state index in [2.05, 4.69) is 21.5 Å². The molecule has 1 N–H and O–H groups in total. The number of anilines is 2. The van der Waals surface area contributed by atoms with Gasteiger partial charge >= 0.3 is 0 Å². The highest BCUT2D eigenvalue weighted by atomic mass is 32.1. The van der Waals surface area contributed by atoms with E-state index in [-0.39, 0.29) is 5.56 Å². The van der Waals surface area contributed by atoms with Gasteiger partial charge in [-0.2, -0.15) is 9.78 Å². The second-order valence-electron chi connectivity index (χ2n) is 4.85. The maximum absolute atomic E-state index is 12.4. The van der Waals surface area contributed by atoms with Gasteiger partial charge in [-0.25, -0.2) is 4.98 Å². The Balaban J connectivity index is 1.79. The van der Waals surface area contributed by atoms with Crippen molar-refractivity contribution < 1.29 is 0 Å². The lowest BCUT2D eigenvalue weighted by molar-refractivity contribution is 0.919. The molecule has 0 atom stereocenters. The zero-order valence-corrected chi connectivity index (χ0v) is 12.5. The molecule has 0 saturated heterocycles. The molecule has 2 aromatic heterocycles. The third-order valence-corrected chi connectivity index (χ3v) is 4.19. The first-order valence-electron chi connectivity index (χ1n) is 6.80. The van der Waals surface area contributed by atoms with Crippen LogP contribution in [0.15, 0.2) is 53.3 Å². The molecule has 2 heterocycles. The fourth-order valence-corrected chi connectivity index (χ4v) is 3.08. The van der Waals surface area contributed by atoms with E-state index in [0.29, 0.717) is 26.6 Å². The summed E-state index contributed by atoms with van der Waals surface area (Å²) in [5, 5.41) is 17.3. The maximum Gasteiger partial charge on any atom is 0.283 e. The minimum atomic E-state index is -0.185. The van der Waals surface area contributed by atoms with Gasteiger partial charge in [0.2, 0.25) is 10.1 Å². The van der Waals surface area contributed by atoms with Gasteiger partial charge in [-0.1, -0.05) is 23.5 Å². The zero-order chi connectivity index (χ0) is 15.8. The summed E-state index contributed by atoms with van der Waals surface area (Å²) in [6.45, 7) is 0. The topological polar surface area (TPSA) is 83.1 Å². The van der Waals surface area contributed by atoms with E-state index in [1.807, 2.05) is 12.1 Å². The van der Waals surface area contributed by atoms with Crippen molar-refractivity contribution in [2.75, 3.05) is 5.32 Å². The highest BCUT2D eigenvalue weighted by molar-refractivity contribution is 7.20. The number of nitrogens with zero attached hydrogens (tertiary/aromatic N) is 4. The summed E-state index contributed by atoms with van der Waals surface area (Å²) in [7, 11) is 0. The van der Waals surface area contributed by atoms with Crippen LogP contribution in [0.4, 0.5) is 10.8 Å². The van der Waals surface area contributed by atoms with Gasteiger partial charge in [0.05, 0.1) is 22.5 Å². The lowest BCUT2D eigenvalue weighted by Crippen LogP contribution is -2.15. The van der Waals surface area contributed by atoms with Gasteiger partial charge in [-0.15, -0.1) is 5.10 Å². The monoisotopic (exact) mass is 319 g/mol. The Labute approximate surface area is 134 Å². The van der Waals surface area contributed by atoms with Gasteiger partial charge in [-0.05, 0) is 36.4 Å². The maximum atomic E-state index is 12.4. The standard InChI is InChI=1S/C16H9N5OS/c17-9-10-5-7-11(8-6-10)18-15-20-21-14(22)12-3-1-2-4-13(12)19-16(21)23-15/h1-8H,(H,18,20). The molecule has 23 heavy (non-hydrogen) atoms. The van der Waals surface area contributed by atoms with E-state index in [1.165, 1.54) is 15.9 Å². The van der Waals surface area contributed by atoms with E-state index in [0.717, 1.165) is 5.69 Å². The Hall–Kier alpha value is -3.24. The van der Waals surface area contributed by atoms with Crippen molar-refractivity contribution in [3.63, 3.8) is 0 Å². The third kappa shape index (κ3) is 2.31. The van der Waals surface area contributed by atoms with Gasteiger partial charge in [0.25, 0.3) is 5.56 Å². The Morgan fingerprint density at radius 2 is 1.91 bits per heavy atom. The molecule has 4 aromatic rings. The highest BCUT2D eigenvalue weighted by Gasteiger charge is 2.10. The fourth-order valence-electron chi connectivity index (χ4n) is 2.26. The number of aromatic nitrogens is 3. The van der Waals surface area contributed by atoms with Crippen molar-refractivity contribution in [3.05, 3.63) is 64.4 Å². The summed E-state index contributed by atoms with van der Waals surface area (Å²) < 4.78 is 1.30. The lowest BCUT2D eigenvalue weighted by Gasteiger charge is -2.00. The fraction of sp³-hybridized carbons (Fsp3) is 0. The lowest BCUT2D eigenvalue weighted by atomic mass is 10.2. The first kappa shape index (κ1) is 13.4. The van der Waals surface area contributed by atoms with Crippen molar-refractivity contribution in [2.45, 2.75) is 0 Å². The molecule has 0 spiro atoms. The van der Waals surface area contributed by atoms with Gasteiger partial charge in [0.1, 0.15) is 0 Å². The number of benzene rings is 2. The number of nitriles is 1. The average molecular weight is 319 g/mol. The Morgan fingerprint density at radius 3 is 2.70 bits per heavy atom. The number of nitrogens with one attached hydrogen (secondary N) is 1. The molecular formula is C16H9N5OS. The molecule has 0 aliphatic carbocycles. The normalized spacial score (nSPS) is 10.7. The van der Waals surface area contributed by atoms with Crippen molar-refractivity contribution in [2.24, 2.45) is 0 Å². The molecular weight excluding hydrogens is 310 g/mol. The van der Waals surface area contributed by atoms with E-state index in [1.54, 1.807) is 36.4 Å². The predicted molar refractivity (Wildman–Crippen MR) is 89.1 cm³/mol. The van der Waals surface area contributed by atoms with Crippen LogP contribution in [0.1, 0.15) is 5.56 Å². The second kappa shape index (κ2) is 5.19. The third-order valence-electron chi connectivity index (χ3n) is 3.37. The minimum Gasteiger partial charge on any atom is -0.330 e. The number of hydrogen-bond acceptors (Lipinski definition) is 6. The van der Waals surface area contributed by atoms with Crippen molar-refractivity contribution >= 4 is 38.0 Å². The molecule has 7 heteroatoms. The quantitative estimate of drug-likeness (QED) is 0.614. The number of fused-ring (bicyclic) bond motifs is 2.